The highest BCUT2D eigenvalue weighted by atomic mass is 127. The highest BCUT2D eigenvalue weighted by molar-refractivity contribution is 14.0. The van der Waals surface area contributed by atoms with Crippen LogP contribution in [0.1, 0.15) is 16.7 Å². The van der Waals surface area contributed by atoms with Crippen LogP contribution in [-0.2, 0) is 24.2 Å². The molecule has 2 aromatic rings. The predicted octanol–water partition coefficient (Wildman–Crippen LogP) is 2.74. The summed E-state index contributed by atoms with van der Waals surface area (Å²) in [6.07, 6.45) is 1.27. The Labute approximate surface area is 205 Å². The van der Waals surface area contributed by atoms with Gasteiger partial charge in [-0.3, -0.25) is 9.79 Å². The van der Waals surface area contributed by atoms with E-state index in [1.165, 1.54) is 17.7 Å². The number of amides is 1. The second-order valence-corrected chi connectivity index (χ2v) is 7.51. The Morgan fingerprint density at radius 1 is 1.19 bits per heavy atom. The van der Waals surface area contributed by atoms with Crippen LogP contribution >= 0.6 is 24.0 Å². The molecule has 1 atom stereocenters. The Morgan fingerprint density at radius 3 is 2.38 bits per heavy atom. The fraction of sp³-hybridized carbons (Fsp3) is 0.391. The van der Waals surface area contributed by atoms with Crippen molar-refractivity contribution in [2.75, 3.05) is 34.4 Å². The zero-order valence-corrected chi connectivity index (χ0v) is 20.9. The highest BCUT2D eigenvalue weighted by Crippen LogP contribution is 2.33. The van der Waals surface area contributed by atoms with Gasteiger partial charge in [0, 0.05) is 26.7 Å². The maximum Gasteiger partial charge on any atom is 0.222 e. The largest absolute Gasteiger partial charge is 0.493 e. The number of carbonyl (C=O) groups excluding carboxylic acids is 1. The second kappa shape index (κ2) is 11.9. The van der Waals surface area contributed by atoms with Gasteiger partial charge in [0.25, 0.3) is 0 Å². The van der Waals surface area contributed by atoms with Crippen molar-refractivity contribution in [2.24, 2.45) is 16.6 Å². The maximum atomic E-state index is 13.1. The van der Waals surface area contributed by atoms with Crippen LogP contribution in [0.3, 0.4) is 0 Å². The summed E-state index contributed by atoms with van der Waals surface area (Å²) >= 11 is 0. The van der Waals surface area contributed by atoms with E-state index in [1.54, 1.807) is 33.4 Å². The van der Waals surface area contributed by atoms with Crippen molar-refractivity contribution in [3.05, 3.63) is 58.9 Å². The third-order valence-corrected chi connectivity index (χ3v) is 5.53. The molecule has 32 heavy (non-hydrogen) atoms. The molecular formula is C23H30FIN4O3. The summed E-state index contributed by atoms with van der Waals surface area (Å²) in [6, 6.07) is 10.1. The molecule has 1 unspecified atom stereocenters. The number of methoxy groups -OCH3 is 2. The van der Waals surface area contributed by atoms with Crippen LogP contribution in [0.5, 0.6) is 11.5 Å². The van der Waals surface area contributed by atoms with E-state index in [0.29, 0.717) is 31.2 Å². The molecule has 0 saturated heterocycles. The first-order valence-corrected chi connectivity index (χ1v) is 10.2. The Kier molecular flexibility index (Phi) is 9.55. The van der Waals surface area contributed by atoms with Crippen molar-refractivity contribution in [3.63, 3.8) is 0 Å². The lowest BCUT2D eigenvalue weighted by molar-refractivity contribution is -0.121. The van der Waals surface area contributed by atoms with E-state index in [1.807, 2.05) is 12.1 Å². The van der Waals surface area contributed by atoms with E-state index in [0.717, 1.165) is 29.8 Å². The van der Waals surface area contributed by atoms with Crippen molar-refractivity contribution in [2.45, 2.75) is 19.4 Å². The summed E-state index contributed by atoms with van der Waals surface area (Å²) in [6.45, 7) is 1.78. The monoisotopic (exact) mass is 556 g/mol. The van der Waals surface area contributed by atoms with Gasteiger partial charge in [-0.15, -0.1) is 24.0 Å². The number of benzene rings is 2. The van der Waals surface area contributed by atoms with E-state index < -0.39 is 11.8 Å². The third-order valence-electron chi connectivity index (χ3n) is 5.53. The van der Waals surface area contributed by atoms with Crippen LogP contribution < -0.4 is 20.5 Å². The van der Waals surface area contributed by atoms with Gasteiger partial charge in [-0.25, -0.2) is 4.39 Å². The fourth-order valence-electron chi connectivity index (χ4n) is 3.79. The third kappa shape index (κ3) is 6.24. The molecule has 0 saturated carbocycles. The van der Waals surface area contributed by atoms with E-state index >= 15 is 0 Å². The van der Waals surface area contributed by atoms with E-state index in [9.17, 15) is 9.18 Å². The number of rotatable bonds is 7. The average Bonchev–Trinajstić information content (AvgIpc) is 2.78. The number of hydrogen-bond donors (Lipinski definition) is 2. The lowest BCUT2D eigenvalue weighted by atomic mass is 9.98. The molecule has 0 radical (unpaired) electrons. The number of aliphatic imine (C=N–C) groups is 1. The molecule has 3 rings (SSSR count). The zero-order valence-electron chi connectivity index (χ0n) is 18.6. The normalized spacial score (nSPS) is 14.1. The molecule has 0 fully saturated rings. The Bertz CT molecular complexity index is 953. The molecule has 1 heterocycles. The van der Waals surface area contributed by atoms with E-state index in [-0.39, 0.29) is 29.8 Å². The maximum absolute atomic E-state index is 13.1. The molecule has 1 aliphatic heterocycles. The second-order valence-electron chi connectivity index (χ2n) is 7.51. The summed E-state index contributed by atoms with van der Waals surface area (Å²) < 4.78 is 24.0. The zero-order chi connectivity index (χ0) is 22.4. The van der Waals surface area contributed by atoms with Gasteiger partial charge in [0.15, 0.2) is 17.5 Å². The van der Waals surface area contributed by atoms with E-state index in [2.05, 4.69) is 15.2 Å². The minimum Gasteiger partial charge on any atom is -0.493 e. The van der Waals surface area contributed by atoms with Crippen molar-refractivity contribution < 1.29 is 18.7 Å². The molecule has 0 spiro atoms. The smallest absolute Gasteiger partial charge is 0.222 e. The first kappa shape index (κ1) is 25.7. The van der Waals surface area contributed by atoms with Gasteiger partial charge in [-0.05, 0) is 53.8 Å². The first-order valence-electron chi connectivity index (χ1n) is 10.2. The Hall–Kier alpha value is -2.56. The molecule has 0 bridgehead atoms. The molecule has 1 amide bonds. The van der Waals surface area contributed by atoms with Crippen LogP contribution in [0.4, 0.5) is 4.39 Å². The minimum absolute atomic E-state index is 0. The SMILES string of the molecule is CN=C(NCC(Cc1ccc(F)cc1)C(N)=O)N1CCc2cc(OC)c(OC)cc2C1.I. The molecular weight excluding hydrogens is 526 g/mol. The minimum atomic E-state index is -0.441. The molecule has 7 nitrogen and oxygen atoms in total. The van der Waals surface area contributed by atoms with Gasteiger partial charge in [0.2, 0.25) is 5.91 Å². The van der Waals surface area contributed by atoms with Crippen LogP contribution in [-0.4, -0.2) is 51.1 Å². The van der Waals surface area contributed by atoms with Crippen LogP contribution in [0.15, 0.2) is 41.4 Å². The molecule has 1 aliphatic rings. The lowest BCUT2D eigenvalue weighted by Gasteiger charge is -2.32. The van der Waals surface area contributed by atoms with Crippen LogP contribution in [0.2, 0.25) is 0 Å². The Balaban J connectivity index is 0.00000363. The quantitative estimate of drug-likeness (QED) is 0.311. The Morgan fingerprint density at radius 2 is 1.81 bits per heavy atom. The first-order chi connectivity index (χ1) is 14.9. The van der Waals surface area contributed by atoms with Gasteiger partial charge in [-0.2, -0.15) is 0 Å². The number of guanidine groups is 1. The summed E-state index contributed by atoms with van der Waals surface area (Å²) in [5.41, 5.74) is 8.83. The van der Waals surface area contributed by atoms with Gasteiger partial charge in [0.05, 0.1) is 20.1 Å². The number of nitrogens with one attached hydrogen (secondary N) is 1. The van der Waals surface area contributed by atoms with Gasteiger partial charge in [-0.1, -0.05) is 12.1 Å². The number of ether oxygens (including phenoxy) is 2. The summed E-state index contributed by atoms with van der Waals surface area (Å²) in [5.74, 6) is 0.960. The summed E-state index contributed by atoms with van der Waals surface area (Å²) in [4.78, 5) is 18.5. The number of halogens is 2. The van der Waals surface area contributed by atoms with Crippen LogP contribution in [0, 0.1) is 11.7 Å². The van der Waals surface area contributed by atoms with Gasteiger partial charge < -0.3 is 25.4 Å². The topological polar surface area (TPSA) is 89.2 Å². The average molecular weight is 556 g/mol. The number of hydrogen-bond acceptors (Lipinski definition) is 4. The standard InChI is InChI=1S/C23H29FN4O3.HI/c1-26-23(27-13-17(22(25)29)10-15-4-6-19(24)7-5-15)28-9-8-16-11-20(30-2)21(31-3)12-18(16)14-28;/h4-7,11-12,17H,8-10,13-14H2,1-3H3,(H2,25,29)(H,26,27);1H. The number of primary amides is 1. The van der Waals surface area contributed by atoms with Crippen LogP contribution in [0.25, 0.3) is 0 Å². The number of carbonyl (C=O) groups is 1. The van der Waals surface area contributed by atoms with Gasteiger partial charge in [0.1, 0.15) is 5.82 Å². The number of fused-ring (bicyclic) bond motifs is 1. The predicted molar refractivity (Wildman–Crippen MR) is 133 cm³/mol. The number of nitrogens with two attached hydrogens (primary N) is 1. The van der Waals surface area contributed by atoms with Crippen molar-refractivity contribution in [3.8, 4) is 11.5 Å². The van der Waals surface area contributed by atoms with Crippen molar-refractivity contribution in [1.82, 2.24) is 10.2 Å². The lowest BCUT2D eigenvalue weighted by Crippen LogP contribution is -2.47. The molecule has 9 heteroatoms. The fourth-order valence-corrected chi connectivity index (χ4v) is 3.79. The summed E-state index contributed by atoms with van der Waals surface area (Å²) in [5, 5.41) is 3.28. The molecule has 3 N–H and O–H groups in total. The molecule has 0 aliphatic carbocycles. The van der Waals surface area contributed by atoms with Gasteiger partial charge >= 0.3 is 0 Å². The molecule has 2 aromatic carbocycles. The molecule has 0 aromatic heterocycles. The van der Waals surface area contributed by atoms with Crippen molar-refractivity contribution >= 4 is 35.8 Å². The van der Waals surface area contributed by atoms with Crippen molar-refractivity contribution in [1.29, 1.82) is 0 Å². The molecule has 174 valence electrons. The number of nitrogens with zero attached hydrogens (tertiary/aromatic N) is 2. The van der Waals surface area contributed by atoms with E-state index in [4.69, 9.17) is 15.2 Å². The highest BCUT2D eigenvalue weighted by Gasteiger charge is 2.23. The summed E-state index contributed by atoms with van der Waals surface area (Å²) in [7, 11) is 4.97.